The normalized spacial score (nSPS) is 10.6. The van der Waals surface area contributed by atoms with Crippen molar-refractivity contribution in [1.29, 1.82) is 0 Å². The van der Waals surface area contributed by atoms with E-state index in [1.54, 1.807) is 10.3 Å². The van der Waals surface area contributed by atoms with Gasteiger partial charge in [0.25, 0.3) is 5.91 Å². The van der Waals surface area contributed by atoms with Crippen molar-refractivity contribution in [2.24, 2.45) is 5.73 Å². The van der Waals surface area contributed by atoms with Gasteiger partial charge in [-0.3, -0.25) is 4.79 Å². The number of nitrogens with two attached hydrogens (primary N) is 1. The van der Waals surface area contributed by atoms with Crippen molar-refractivity contribution in [2.45, 2.75) is 20.3 Å². The number of rotatable bonds is 8. The molecule has 1 aromatic rings. The van der Waals surface area contributed by atoms with Gasteiger partial charge in [-0.25, -0.2) is 4.98 Å². The maximum Gasteiger partial charge on any atom is 0.273 e. The minimum absolute atomic E-state index is 0.0308. The number of hydrogen-bond donors (Lipinski definition) is 1. The summed E-state index contributed by atoms with van der Waals surface area (Å²) < 4.78 is 5.27. The predicted octanol–water partition coefficient (Wildman–Crippen LogP) is 1.14. The molecule has 0 aliphatic carbocycles. The van der Waals surface area contributed by atoms with E-state index in [2.05, 4.69) is 4.98 Å². The van der Waals surface area contributed by atoms with Crippen molar-refractivity contribution in [3.63, 3.8) is 0 Å². The average molecular weight is 271 g/mol. The Bertz CT molecular complexity index is 368. The van der Waals surface area contributed by atoms with Crippen LogP contribution in [0.5, 0.6) is 0 Å². The average Bonchev–Trinajstić information content (AvgIpc) is 2.83. The summed E-state index contributed by atoms with van der Waals surface area (Å²) in [5.41, 5.74) is 5.98. The molecule has 0 saturated carbocycles. The van der Waals surface area contributed by atoms with E-state index in [4.69, 9.17) is 10.5 Å². The van der Waals surface area contributed by atoms with Crippen LogP contribution in [0.4, 0.5) is 0 Å². The number of amides is 1. The molecule has 5 nitrogen and oxygen atoms in total. The fourth-order valence-electron chi connectivity index (χ4n) is 1.53. The lowest BCUT2D eigenvalue weighted by molar-refractivity contribution is 0.0664. The number of likely N-dealkylation sites (N-methyl/N-ethyl adjacent to an activating group) is 1. The molecule has 0 unspecified atom stereocenters. The fraction of sp³-hybridized carbons (Fsp3) is 0.667. The Morgan fingerprint density at radius 3 is 2.94 bits per heavy atom. The van der Waals surface area contributed by atoms with Crippen molar-refractivity contribution < 1.29 is 9.53 Å². The first-order chi connectivity index (χ1) is 8.72. The lowest BCUT2D eigenvalue weighted by Gasteiger charge is -2.19. The molecule has 0 fully saturated rings. The minimum Gasteiger partial charge on any atom is -0.380 e. The maximum absolute atomic E-state index is 12.2. The highest BCUT2D eigenvalue weighted by Crippen LogP contribution is 2.12. The fourth-order valence-corrected chi connectivity index (χ4v) is 2.32. The van der Waals surface area contributed by atoms with Crippen LogP contribution in [-0.4, -0.2) is 48.6 Å². The zero-order valence-electron chi connectivity index (χ0n) is 11.0. The van der Waals surface area contributed by atoms with E-state index in [0.29, 0.717) is 38.5 Å². The van der Waals surface area contributed by atoms with Crippen molar-refractivity contribution in [2.75, 3.05) is 32.8 Å². The second-order valence-corrected chi connectivity index (χ2v) is 4.69. The largest absolute Gasteiger partial charge is 0.380 e. The molecule has 1 heterocycles. The second kappa shape index (κ2) is 8.18. The van der Waals surface area contributed by atoms with Crippen molar-refractivity contribution >= 4 is 17.2 Å². The van der Waals surface area contributed by atoms with Gasteiger partial charge >= 0.3 is 0 Å². The molecule has 1 aromatic heterocycles. The van der Waals surface area contributed by atoms with Gasteiger partial charge in [0.05, 0.1) is 11.6 Å². The first kappa shape index (κ1) is 15.1. The van der Waals surface area contributed by atoms with Gasteiger partial charge < -0.3 is 15.4 Å². The molecule has 2 N–H and O–H groups in total. The molecule has 102 valence electrons. The van der Waals surface area contributed by atoms with Crippen LogP contribution in [0.15, 0.2) is 5.38 Å². The third kappa shape index (κ3) is 4.36. The second-order valence-electron chi connectivity index (χ2n) is 3.75. The van der Waals surface area contributed by atoms with Crippen molar-refractivity contribution in [3.05, 3.63) is 16.1 Å². The Labute approximate surface area is 112 Å². The molecule has 0 aliphatic heterocycles. The van der Waals surface area contributed by atoms with Crippen LogP contribution < -0.4 is 5.73 Å². The zero-order valence-corrected chi connectivity index (χ0v) is 11.8. The summed E-state index contributed by atoms with van der Waals surface area (Å²) in [4.78, 5) is 18.2. The molecule has 0 spiro atoms. The Morgan fingerprint density at radius 1 is 1.56 bits per heavy atom. The van der Waals surface area contributed by atoms with E-state index in [-0.39, 0.29) is 5.91 Å². The number of aromatic nitrogens is 1. The third-order valence-corrected chi connectivity index (χ3v) is 3.42. The first-order valence-electron chi connectivity index (χ1n) is 6.24. The summed E-state index contributed by atoms with van der Waals surface area (Å²) in [5.74, 6) is -0.0308. The van der Waals surface area contributed by atoms with E-state index in [1.165, 1.54) is 11.3 Å². The van der Waals surface area contributed by atoms with E-state index in [0.717, 1.165) is 11.4 Å². The van der Waals surface area contributed by atoms with Gasteiger partial charge in [-0.15, -0.1) is 11.3 Å². The molecule has 0 aromatic carbocycles. The molecule has 18 heavy (non-hydrogen) atoms. The van der Waals surface area contributed by atoms with Crippen LogP contribution in [-0.2, 0) is 11.2 Å². The Balaban J connectivity index is 2.58. The number of carbonyl (C=O) groups is 1. The molecule has 1 rings (SSSR count). The SMILES string of the molecule is CCOCCN(CC)C(=O)c1csc(CCN)n1. The highest BCUT2D eigenvalue weighted by atomic mass is 32.1. The molecule has 0 radical (unpaired) electrons. The van der Waals surface area contributed by atoms with E-state index in [9.17, 15) is 4.79 Å². The Hall–Kier alpha value is -0.980. The topological polar surface area (TPSA) is 68.5 Å². The lowest BCUT2D eigenvalue weighted by Crippen LogP contribution is -2.34. The Kier molecular flexibility index (Phi) is 6.85. The van der Waals surface area contributed by atoms with Gasteiger partial charge in [-0.1, -0.05) is 0 Å². The molecule has 0 bridgehead atoms. The smallest absolute Gasteiger partial charge is 0.273 e. The molecule has 0 aliphatic rings. The lowest BCUT2D eigenvalue weighted by atomic mass is 10.3. The Morgan fingerprint density at radius 2 is 2.33 bits per heavy atom. The van der Waals surface area contributed by atoms with Crippen molar-refractivity contribution in [3.8, 4) is 0 Å². The number of hydrogen-bond acceptors (Lipinski definition) is 5. The number of ether oxygens (including phenoxy) is 1. The van der Waals surface area contributed by atoms with Crippen LogP contribution in [0.3, 0.4) is 0 Å². The van der Waals surface area contributed by atoms with E-state index in [1.807, 2.05) is 13.8 Å². The summed E-state index contributed by atoms with van der Waals surface area (Å²) in [7, 11) is 0. The monoisotopic (exact) mass is 271 g/mol. The highest BCUT2D eigenvalue weighted by molar-refractivity contribution is 7.09. The predicted molar refractivity (Wildman–Crippen MR) is 72.9 cm³/mol. The van der Waals surface area contributed by atoms with Crippen LogP contribution in [0.2, 0.25) is 0 Å². The van der Waals surface area contributed by atoms with Crippen LogP contribution in [0, 0.1) is 0 Å². The number of nitrogens with zero attached hydrogens (tertiary/aromatic N) is 2. The molecule has 0 saturated heterocycles. The van der Waals surface area contributed by atoms with Gasteiger partial charge in [-0.2, -0.15) is 0 Å². The van der Waals surface area contributed by atoms with Crippen LogP contribution in [0.1, 0.15) is 29.3 Å². The van der Waals surface area contributed by atoms with Gasteiger partial charge in [0.2, 0.25) is 0 Å². The molecule has 0 atom stereocenters. The maximum atomic E-state index is 12.2. The summed E-state index contributed by atoms with van der Waals surface area (Å²) in [6, 6.07) is 0. The summed E-state index contributed by atoms with van der Waals surface area (Å²) >= 11 is 1.49. The minimum atomic E-state index is -0.0308. The summed E-state index contributed by atoms with van der Waals surface area (Å²) in [6.45, 7) is 6.96. The third-order valence-electron chi connectivity index (χ3n) is 2.51. The van der Waals surface area contributed by atoms with E-state index < -0.39 is 0 Å². The van der Waals surface area contributed by atoms with Gasteiger partial charge in [0.15, 0.2) is 0 Å². The summed E-state index contributed by atoms with van der Waals surface area (Å²) in [6.07, 6.45) is 0.725. The number of thiazole rings is 1. The standard InChI is InChI=1S/C12H21N3O2S/c1-3-15(7-8-17-4-2)12(16)10-9-18-11(14-10)5-6-13/h9H,3-8,13H2,1-2H3. The zero-order chi connectivity index (χ0) is 13.4. The van der Waals surface area contributed by atoms with Gasteiger partial charge in [0.1, 0.15) is 5.69 Å². The molecule has 6 heteroatoms. The van der Waals surface area contributed by atoms with E-state index >= 15 is 0 Å². The summed E-state index contributed by atoms with van der Waals surface area (Å²) in [5, 5.41) is 2.72. The van der Waals surface area contributed by atoms with Crippen LogP contribution in [0.25, 0.3) is 0 Å². The first-order valence-corrected chi connectivity index (χ1v) is 7.12. The van der Waals surface area contributed by atoms with Crippen molar-refractivity contribution in [1.82, 2.24) is 9.88 Å². The highest BCUT2D eigenvalue weighted by Gasteiger charge is 2.16. The molecule has 1 amide bonds. The molecular weight excluding hydrogens is 250 g/mol. The molecular formula is C12H21N3O2S. The quantitative estimate of drug-likeness (QED) is 0.720. The number of carbonyl (C=O) groups excluding carboxylic acids is 1. The van der Waals surface area contributed by atoms with Crippen LogP contribution >= 0.6 is 11.3 Å². The van der Waals surface area contributed by atoms with Gasteiger partial charge in [0, 0.05) is 31.5 Å². The van der Waals surface area contributed by atoms with Gasteiger partial charge in [-0.05, 0) is 20.4 Å².